The number of hydrogen-bond acceptors (Lipinski definition) is 7. The summed E-state index contributed by atoms with van der Waals surface area (Å²) in [5, 5.41) is 12.4. The number of ether oxygens (including phenoxy) is 1. The van der Waals surface area contributed by atoms with E-state index >= 15 is 0 Å². The van der Waals surface area contributed by atoms with Gasteiger partial charge in [0.1, 0.15) is 16.4 Å². The summed E-state index contributed by atoms with van der Waals surface area (Å²) in [4.78, 5) is 11.9. The zero-order valence-electron chi connectivity index (χ0n) is 10.5. The molecule has 7 nitrogen and oxygen atoms in total. The molecule has 0 amide bonds. The second-order valence-corrected chi connectivity index (χ2v) is 4.28. The van der Waals surface area contributed by atoms with Crippen molar-refractivity contribution < 1.29 is 9.53 Å². The first-order valence-corrected chi connectivity index (χ1v) is 6.79. The summed E-state index contributed by atoms with van der Waals surface area (Å²) >= 11 is 1.32. The summed E-state index contributed by atoms with van der Waals surface area (Å²) < 4.78 is 6.36. The lowest BCUT2D eigenvalue weighted by Crippen LogP contribution is -2.10. The van der Waals surface area contributed by atoms with Gasteiger partial charge in [0.25, 0.3) is 0 Å². The molecule has 2 aromatic rings. The Labute approximate surface area is 114 Å². The second kappa shape index (κ2) is 5.70. The number of hydrogen-bond donors (Lipinski definition) is 1. The largest absolute Gasteiger partial charge is 0.462 e. The van der Waals surface area contributed by atoms with Crippen LogP contribution in [-0.2, 0) is 4.74 Å². The van der Waals surface area contributed by atoms with E-state index in [0.29, 0.717) is 10.8 Å². The number of nitrogens with zero attached hydrogens (tertiary/aromatic N) is 4. The van der Waals surface area contributed by atoms with Gasteiger partial charge in [-0.3, -0.25) is 0 Å². The van der Waals surface area contributed by atoms with Crippen molar-refractivity contribution in [1.29, 1.82) is 0 Å². The van der Waals surface area contributed by atoms with Crippen LogP contribution in [0, 0.1) is 0 Å². The van der Waals surface area contributed by atoms with E-state index in [2.05, 4.69) is 15.3 Å². The van der Waals surface area contributed by atoms with Crippen molar-refractivity contribution in [2.45, 2.75) is 11.9 Å². The molecule has 0 atom stereocenters. The Morgan fingerprint density at radius 3 is 2.95 bits per heavy atom. The number of aromatic nitrogens is 4. The van der Waals surface area contributed by atoms with Crippen LogP contribution in [0.25, 0.3) is 5.82 Å². The topological polar surface area (TPSA) is 95.9 Å². The standard InChI is InChI=1S/C11H13N5O2S/c1-3-18-11(17)8-9(12)16(15-10(8)19-2)7-5-4-6-13-14-7/h4-6H,3,12H2,1-2H3. The third-order valence-corrected chi connectivity index (χ3v) is 3.01. The fourth-order valence-corrected chi connectivity index (χ4v) is 2.08. The molecule has 0 unspecified atom stereocenters. The summed E-state index contributed by atoms with van der Waals surface area (Å²) in [5.74, 6) is 0.161. The van der Waals surface area contributed by atoms with Gasteiger partial charge in [-0.05, 0) is 25.3 Å². The molecule has 0 aliphatic heterocycles. The molecule has 0 aliphatic carbocycles. The predicted octanol–water partition coefficient (Wildman–Crippen LogP) is 1.14. The van der Waals surface area contributed by atoms with Crippen molar-refractivity contribution in [1.82, 2.24) is 20.0 Å². The summed E-state index contributed by atoms with van der Waals surface area (Å²) in [6.07, 6.45) is 3.36. The molecule has 2 heterocycles. The van der Waals surface area contributed by atoms with E-state index in [9.17, 15) is 4.79 Å². The van der Waals surface area contributed by atoms with Crippen molar-refractivity contribution in [2.24, 2.45) is 0 Å². The number of nitrogen functional groups attached to an aromatic ring is 1. The van der Waals surface area contributed by atoms with Gasteiger partial charge >= 0.3 is 5.97 Å². The van der Waals surface area contributed by atoms with Gasteiger partial charge in [-0.15, -0.1) is 16.9 Å². The van der Waals surface area contributed by atoms with Crippen LogP contribution in [0.2, 0.25) is 0 Å². The molecule has 0 radical (unpaired) electrons. The van der Waals surface area contributed by atoms with Crippen LogP contribution in [0.4, 0.5) is 5.82 Å². The highest BCUT2D eigenvalue weighted by molar-refractivity contribution is 7.98. The van der Waals surface area contributed by atoms with Gasteiger partial charge in [-0.1, -0.05) is 0 Å². The van der Waals surface area contributed by atoms with Crippen LogP contribution >= 0.6 is 11.8 Å². The summed E-state index contributed by atoms with van der Waals surface area (Å²) in [7, 11) is 0. The molecule has 0 aromatic carbocycles. The number of carbonyl (C=O) groups excluding carboxylic acids is 1. The molecule has 0 bridgehead atoms. The molecule has 0 saturated carbocycles. The molecule has 2 aromatic heterocycles. The maximum Gasteiger partial charge on any atom is 0.344 e. The number of anilines is 1. The summed E-state index contributed by atoms with van der Waals surface area (Å²) in [6, 6.07) is 3.42. The van der Waals surface area contributed by atoms with Gasteiger partial charge < -0.3 is 10.5 Å². The molecule has 0 aliphatic rings. The highest BCUT2D eigenvalue weighted by atomic mass is 32.2. The number of rotatable bonds is 4. The molecular formula is C11H13N5O2S. The Balaban J connectivity index is 2.51. The normalized spacial score (nSPS) is 10.4. The monoisotopic (exact) mass is 279 g/mol. The number of thioether (sulfide) groups is 1. The molecule has 2 rings (SSSR count). The van der Waals surface area contributed by atoms with Crippen LogP contribution in [-0.4, -0.2) is 38.8 Å². The zero-order chi connectivity index (χ0) is 13.8. The van der Waals surface area contributed by atoms with Gasteiger partial charge in [-0.25, -0.2) is 4.79 Å². The highest BCUT2D eigenvalue weighted by Gasteiger charge is 2.23. The van der Waals surface area contributed by atoms with E-state index < -0.39 is 5.97 Å². The molecule has 0 saturated heterocycles. The zero-order valence-corrected chi connectivity index (χ0v) is 11.3. The van der Waals surface area contributed by atoms with Crippen molar-refractivity contribution in [2.75, 3.05) is 18.6 Å². The Morgan fingerprint density at radius 2 is 2.37 bits per heavy atom. The lowest BCUT2D eigenvalue weighted by Gasteiger charge is -2.03. The first-order chi connectivity index (χ1) is 9.19. The van der Waals surface area contributed by atoms with Crippen molar-refractivity contribution >= 4 is 23.5 Å². The lowest BCUT2D eigenvalue weighted by molar-refractivity contribution is 0.0523. The molecule has 100 valence electrons. The van der Waals surface area contributed by atoms with Crippen LogP contribution in [0.15, 0.2) is 23.4 Å². The molecule has 0 spiro atoms. The van der Waals surface area contributed by atoms with Crippen molar-refractivity contribution in [3.05, 3.63) is 23.9 Å². The number of nitrogens with two attached hydrogens (primary N) is 1. The van der Waals surface area contributed by atoms with Gasteiger partial charge in [0.05, 0.1) is 6.61 Å². The summed E-state index contributed by atoms with van der Waals surface area (Å²) in [6.45, 7) is 2.02. The van der Waals surface area contributed by atoms with E-state index in [4.69, 9.17) is 10.5 Å². The van der Waals surface area contributed by atoms with Gasteiger partial charge in [0.2, 0.25) is 0 Å². The van der Waals surface area contributed by atoms with Gasteiger partial charge in [-0.2, -0.15) is 14.9 Å². The number of carbonyl (C=O) groups is 1. The second-order valence-electron chi connectivity index (χ2n) is 3.48. The third-order valence-electron chi connectivity index (χ3n) is 2.34. The maximum absolute atomic E-state index is 11.9. The van der Waals surface area contributed by atoms with Gasteiger partial charge in [0, 0.05) is 6.20 Å². The molecule has 2 N–H and O–H groups in total. The first-order valence-electron chi connectivity index (χ1n) is 5.56. The minimum absolute atomic E-state index is 0.198. The van der Waals surface area contributed by atoms with Crippen molar-refractivity contribution in [3.63, 3.8) is 0 Å². The van der Waals surface area contributed by atoms with Crippen LogP contribution in [0.5, 0.6) is 0 Å². The minimum Gasteiger partial charge on any atom is -0.462 e. The fourth-order valence-electron chi connectivity index (χ4n) is 1.53. The molecule has 0 fully saturated rings. The van der Waals surface area contributed by atoms with Crippen LogP contribution in [0.1, 0.15) is 17.3 Å². The van der Waals surface area contributed by atoms with Crippen molar-refractivity contribution in [3.8, 4) is 5.82 Å². The predicted molar refractivity (Wildman–Crippen MR) is 71.3 cm³/mol. The molecule has 19 heavy (non-hydrogen) atoms. The van der Waals surface area contributed by atoms with Crippen LogP contribution < -0.4 is 5.73 Å². The molecule has 8 heteroatoms. The summed E-state index contributed by atoms with van der Waals surface area (Å²) in [5.41, 5.74) is 6.23. The van der Waals surface area contributed by atoms with Crippen LogP contribution in [0.3, 0.4) is 0 Å². The van der Waals surface area contributed by atoms with E-state index in [1.54, 1.807) is 25.3 Å². The lowest BCUT2D eigenvalue weighted by atomic mass is 10.3. The van der Waals surface area contributed by atoms with Gasteiger partial charge in [0.15, 0.2) is 5.82 Å². The Morgan fingerprint density at radius 1 is 1.58 bits per heavy atom. The quantitative estimate of drug-likeness (QED) is 0.662. The smallest absolute Gasteiger partial charge is 0.344 e. The third kappa shape index (κ3) is 2.53. The Bertz CT molecular complexity index is 584. The van der Waals surface area contributed by atoms with E-state index in [-0.39, 0.29) is 18.0 Å². The average Bonchev–Trinajstić information content (AvgIpc) is 2.77. The number of esters is 1. The highest BCUT2D eigenvalue weighted by Crippen LogP contribution is 2.27. The fraction of sp³-hybridized carbons (Fsp3) is 0.273. The molecular weight excluding hydrogens is 266 g/mol. The first kappa shape index (κ1) is 13.3. The maximum atomic E-state index is 11.9. The minimum atomic E-state index is -0.487. The average molecular weight is 279 g/mol. The van der Waals surface area contributed by atoms with E-state index in [1.165, 1.54) is 16.4 Å². The van der Waals surface area contributed by atoms with E-state index in [0.717, 1.165) is 0 Å². The van der Waals surface area contributed by atoms with E-state index in [1.807, 2.05) is 6.26 Å². The SMILES string of the molecule is CCOC(=O)c1c(SC)nn(-c2cccnn2)c1N. The Hall–Kier alpha value is -2.09. The Kier molecular flexibility index (Phi) is 4.00.